The van der Waals surface area contributed by atoms with Crippen molar-refractivity contribution in [3.63, 3.8) is 0 Å². The molecule has 2 N–H and O–H groups in total. The second-order valence-corrected chi connectivity index (χ2v) is 4.30. The van der Waals surface area contributed by atoms with E-state index in [0.29, 0.717) is 0 Å². The van der Waals surface area contributed by atoms with Gasteiger partial charge in [0.1, 0.15) is 0 Å². The number of aliphatic hydroxyl groups excluding tert-OH is 1. The third-order valence-electron chi connectivity index (χ3n) is 2.58. The smallest absolute Gasteiger partial charge is 0.0597 e. The molecule has 15 heavy (non-hydrogen) atoms. The zero-order chi connectivity index (χ0) is 11.5. The molecule has 0 aromatic carbocycles. The van der Waals surface area contributed by atoms with Crippen LogP contribution >= 0.6 is 0 Å². The van der Waals surface area contributed by atoms with E-state index in [-0.39, 0.29) is 12.6 Å². The summed E-state index contributed by atoms with van der Waals surface area (Å²) in [6.45, 7) is 7.68. The van der Waals surface area contributed by atoms with E-state index in [1.54, 1.807) is 0 Å². The summed E-state index contributed by atoms with van der Waals surface area (Å²) in [5.41, 5.74) is 0. The highest BCUT2D eigenvalue weighted by Gasteiger charge is 2.08. The average molecular weight is 216 g/mol. The summed E-state index contributed by atoms with van der Waals surface area (Å²) in [6, 6.07) is 0.233. The molecular formula is C12H28N2O. The zero-order valence-electron chi connectivity index (χ0n) is 10.6. The first-order valence-electron chi connectivity index (χ1n) is 6.27. The number of hydrogen-bond acceptors (Lipinski definition) is 3. The number of nitrogens with zero attached hydrogens (tertiary/aromatic N) is 1. The number of hydrogen-bond donors (Lipinski definition) is 2. The largest absolute Gasteiger partial charge is 0.395 e. The molecule has 0 amide bonds. The third-order valence-corrected chi connectivity index (χ3v) is 2.58. The van der Waals surface area contributed by atoms with Gasteiger partial charge in [-0.05, 0) is 33.0 Å². The molecule has 3 heteroatoms. The van der Waals surface area contributed by atoms with Crippen LogP contribution in [-0.4, -0.2) is 49.3 Å². The van der Waals surface area contributed by atoms with Crippen molar-refractivity contribution in [2.75, 3.05) is 33.3 Å². The Morgan fingerprint density at radius 1 is 1.20 bits per heavy atom. The Labute approximate surface area is 94.9 Å². The third kappa shape index (κ3) is 8.85. The lowest BCUT2D eigenvalue weighted by Gasteiger charge is -2.23. The van der Waals surface area contributed by atoms with Gasteiger partial charge in [-0.25, -0.2) is 0 Å². The maximum atomic E-state index is 9.18. The van der Waals surface area contributed by atoms with Crippen molar-refractivity contribution in [2.24, 2.45) is 0 Å². The fourth-order valence-corrected chi connectivity index (χ4v) is 1.63. The van der Waals surface area contributed by atoms with Gasteiger partial charge < -0.3 is 15.3 Å². The second-order valence-electron chi connectivity index (χ2n) is 4.30. The van der Waals surface area contributed by atoms with E-state index in [0.717, 1.165) is 26.1 Å². The van der Waals surface area contributed by atoms with Crippen LogP contribution in [0.3, 0.4) is 0 Å². The quantitative estimate of drug-likeness (QED) is 0.543. The van der Waals surface area contributed by atoms with E-state index in [1.165, 1.54) is 19.3 Å². The Morgan fingerprint density at radius 3 is 2.47 bits per heavy atom. The predicted molar refractivity (Wildman–Crippen MR) is 66.2 cm³/mol. The standard InChI is InChI=1S/C12H28N2O/c1-4-6-7-9-14(3)10-12(11-15)13-8-5-2/h12-13,15H,4-11H2,1-3H3. The number of unbranched alkanes of at least 4 members (excludes halogenated alkanes) is 2. The summed E-state index contributed by atoms with van der Waals surface area (Å²) < 4.78 is 0. The van der Waals surface area contributed by atoms with E-state index in [2.05, 4.69) is 31.1 Å². The van der Waals surface area contributed by atoms with Gasteiger partial charge in [-0.1, -0.05) is 26.7 Å². The van der Waals surface area contributed by atoms with Crippen LogP contribution in [0.2, 0.25) is 0 Å². The summed E-state index contributed by atoms with van der Waals surface area (Å²) in [7, 11) is 2.13. The Morgan fingerprint density at radius 2 is 1.93 bits per heavy atom. The van der Waals surface area contributed by atoms with Crippen LogP contribution in [0, 0.1) is 0 Å². The van der Waals surface area contributed by atoms with Gasteiger partial charge in [-0.2, -0.15) is 0 Å². The highest BCUT2D eigenvalue weighted by atomic mass is 16.3. The topological polar surface area (TPSA) is 35.5 Å². The van der Waals surface area contributed by atoms with Crippen LogP contribution < -0.4 is 5.32 Å². The van der Waals surface area contributed by atoms with Crippen LogP contribution in [0.25, 0.3) is 0 Å². The van der Waals surface area contributed by atoms with Gasteiger partial charge in [0, 0.05) is 12.6 Å². The molecule has 0 spiro atoms. The monoisotopic (exact) mass is 216 g/mol. The van der Waals surface area contributed by atoms with Crippen molar-refractivity contribution >= 4 is 0 Å². The van der Waals surface area contributed by atoms with E-state index in [9.17, 15) is 5.11 Å². The Hall–Kier alpha value is -0.120. The van der Waals surface area contributed by atoms with Gasteiger partial charge >= 0.3 is 0 Å². The lowest BCUT2D eigenvalue weighted by Crippen LogP contribution is -2.42. The maximum Gasteiger partial charge on any atom is 0.0597 e. The van der Waals surface area contributed by atoms with E-state index < -0.39 is 0 Å². The van der Waals surface area contributed by atoms with E-state index in [4.69, 9.17) is 0 Å². The highest BCUT2D eigenvalue weighted by molar-refractivity contribution is 4.69. The molecule has 0 aliphatic rings. The van der Waals surface area contributed by atoms with Crippen LogP contribution in [0.1, 0.15) is 39.5 Å². The average Bonchev–Trinajstić information content (AvgIpc) is 2.24. The molecule has 0 aliphatic heterocycles. The molecule has 0 rings (SSSR count). The van der Waals surface area contributed by atoms with Gasteiger partial charge in [-0.15, -0.1) is 0 Å². The number of rotatable bonds is 10. The molecule has 0 saturated heterocycles. The van der Waals surface area contributed by atoms with Gasteiger partial charge in [0.2, 0.25) is 0 Å². The van der Waals surface area contributed by atoms with Gasteiger partial charge in [0.05, 0.1) is 6.61 Å². The van der Waals surface area contributed by atoms with Crippen molar-refractivity contribution in [2.45, 2.75) is 45.6 Å². The Kier molecular flexibility index (Phi) is 10.3. The fraction of sp³-hybridized carbons (Fsp3) is 1.00. The van der Waals surface area contributed by atoms with Crippen molar-refractivity contribution < 1.29 is 5.11 Å². The minimum Gasteiger partial charge on any atom is -0.395 e. The highest BCUT2D eigenvalue weighted by Crippen LogP contribution is 1.97. The molecule has 0 aromatic heterocycles. The normalized spacial score (nSPS) is 13.4. The first kappa shape index (κ1) is 14.9. The summed E-state index contributed by atoms with van der Waals surface area (Å²) in [5, 5.41) is 12.5. The summed E-state index contributed by atoms with van der Waals surface area (Å²) in [4.78, 5) is 2.30. The van der Waals surface area contributed by atoms with Crippen molar-refractivity contribution in [3.8, 4) is 0 Å². The van der Waals surface area contributed by atoms with E-state index in [1.807, 2.05) is 0 Å². The molecule has 1 atom stereocenters. The molecule has 0 fully saturated rings. The molecule has 0 aromatic rings. The Bertz CT molecular complexity index is 131. The maximum absolute atomic E-state index is 9.18. The van der Waals surface area contributed by atoms with Gasteiger partial charge in [-0.3, -0.25) is 0 Å². The minimum absolute atomic E-state index is 0.233. The van der Waals surface area contributed by atoms with Crippen LogP contribution in [-0.2, 0) is 0 Å². The molecular weight excluding hydrogens is 188 g/mol. The fourth-order valence-electron chi connectivity index (χ4n) is 1.63. The summed E-state index contributed by atoms with van der Waals surface area (Å²) in [5.74, 6) is 0. The second kappa shape index (κ2) is 10.4. The number of nitrogens with one attached hydrogen (secondary N) is 1. The first-order valence-corrected chi connectivity index (χ1v) is 6.27. The molecule has 0 bridgehead atoms. The molecule has 0 aliphatic carbocycles. The molecule has 92 valence electrons. The van der Waals surface area contributed by atoms with E-state index >= 15 is 0 Å². The summed E-state index contributed by atoms with van der Waals surface area (Å²) >= 11 is 0. The number of likely N-dealkylation sites (N-methyl/N-ethyl adjacent to an activating group) is 1. The molecule has 0 saturated carbocycles. The van der Waals surface area contributed by atoms with Gasteiger partial charge in [0.25, 0.3) is 0 Å². The van der Waals surface area contributed by atoms with Crippen LogP contribution in [0.15, 0.2) is 0 Å². The summed E-state index contributed by atoms with van der Waals surface area (Å²) in [6.07, 6.45) is 4.96. The van der Waals surface area contributed by atoms with Crippen molar-refractivity contribution in [3.05, 3.63) is 0 Å². The minimum atomic E-state index is 0.233. The molecule has 3 nitrogen and oxygen atoms in total. The molecule has 0 radical (unpaired) electrons. The lowest BCUT2D eigenvalue weighted by molar-refractivity contribution is 0.197. The SMILES string of the molecule is CCCCCN(C)CC(CO)NCCC. The Balaban J connectivity index is 3.55. The van der Waals surface area contributed by atoms with Crippen LogP contribution in [0.5, 0.6) is 0 Å². The van der Waals surface area contributed by atoms with Gasteiger partial charge in [0.15, 0.2) is 0 Å². The lowest BCUT2D eigenvalue weighted by atomic mass is 10.2. The molecule has 1 unspecified atom stereocenters. The van der Waals surface area contributed by atoms with Crippen molar-refractivity contribution in [1.29, 1.82) is 0 Å². The predicted octanol–water partition coefficient (Wildman–Crippen LogP) is 1.47. The van der Waals surface area contributed by atoms with Crippen molar-refractivity contribution in [1.82, 2.24) is 10.2 Å². The number of aliphatic hydroxyl groups is 1. The van der Waals surface area contributed by atoms with Crippen LogP contribution in [0.4, 0.5) is 0 Å². The molecule has 0 heterocycles. The first-order chi connectivity index (χ1) is 7.24. The zero-order valence-corrected chi connectivity index (χ0v) is 10.6.